The molecule has 0 saturated carbocycles. The summed E-state index contributed by atoms with van der Waals surface area (Å²) in [5, 5.41) is 2.91. The van der Waals surface area contributed by atoms with Crippen LogP contribution in [0.1, 0.15) is 30.0 Å². The lowest BCUT2D eigenvalue weighted by atomic mass is 10.0. The van der Waals surface area contributed by atoms with Gasteiger partial charge in [-0.2, -0.15) is 12.7 Å². The van der Waals surface area contributed by atoms with Crippen molar-refractivity contribution in [3.8, 4) is 0 Å². The predicted molar refractivity (Wildman–Crippen MR) is 155 cm³/mol. The van der Waals surface area contributed by atoms with Crippen molar-refractivity contribution in [3.05, 3.63) is 101 Å². The molecule has 1 unspecified atom stereocenters. The number of benzene rings is 3. The van der Waals surface area contributed by atoms with Crippen molar-refractivity contribution in [1.82, 2.24) is 14.5 Å². The standard InChI is InChI=1S/C30H37FN4O4S/c1-5-19-32-30(37)28(20-24-12-7-6-8-13-24)34(21-25-14-10-9-11-23(25)2)29(36)22-35(40(38,39)33(3)4)27-17-15-26(31)16-18-27/h6-18,28H,5,19-22H2,1-4H3,(H,32,37). The lowest BCUT2D eigenvalue weighted by Gasteiger charge is -2.34. The molecule has 0 heterocycles. The molecule has 0 radical (unpaired) electrons. The number of amides is 2. The molecule has 40 heavy (non-hydrogen) atoms. The van der Waals surface area contributed by atoms with E-state index in [4.69, 9.17) is 0 Å². The molecular weight excluding hydrogens is 531 g/mol. The molecule has 1 atom stereocenters. The minimum Gasteiger partial charge on any atom is -0.354 e. The first-order valence-corrected chi connectivity index (χ1v) is 14.6. The van der Waals surface area contributed by atoms with Gasteiger partial charge in [-0.25, -0.2) is 8.70 Å². The second kappa shape index (κ2) is 14.0. The van der Waals surface area contributed by atoms with Crippen LogP contribution in [0.15, 0.2) is 78.9 Å². The quantitative estimate of drug-likeness (QED) is 0.339. The van der Waals surface area contributed by atoms with Crippen LogP contribution in [0, 0.1) is 12.7 Å². The Morgan fingerprint density at radius 3 is 2.15 bits per heavy atom. The van der Waals surface area contributed by atoms with Gasteiger partial charge in [-0.3, -0.25) is 9.59 Å². The van der Waals surface area contributed by atoms with Gasteiger partial charge in [0.1, 0.15) is 18.4 Å². The second-order valence-corrected chi connectivity index (χ2v) is 11.8. The van der Waals surface area contributed by atoms with Gasteiger partial charge < -0.3 is 10.2 Å². The topological polar surface area (TPSA) is 90.0 Å². The van der Waals surface area contributed by atoms with Gasteiger partial charge in [0.15, 0.2) is 0 Å². The summed E-state index contributed by atoms with van der Waals surface area (Å²) in [6.07, 6.45) is 0.958. The average Bonchev–Trinajstić information content (AvgIpc) is 2.94. The van der Waals surface area contributed by atoms with Gasteiger partial charge in [0.25, 0.3) is 0 Å². The van der Waals surface area contributed by atoms with Gasteiger partial charge in [-0.15, -0.1) is 0 Å². The van der Waals surface area contributed by atoms with Crippen LogP contribution in [0.4, 0.5) is 10.1 Å². The van der Waals surface area contributed by atoms with Crippen LogP contribution >= 0.6 is 0 Å². The fourth-order valence-electron chi connectivity index (χ4n) is 4.22. The highest BCUT2D eigenvalue weighted by molar-refractivity contribution is 7.90. The molecule has 3 rings (SSSR count). The maximum absolute atomic E-state index is 14.1. The Labute approximate surface area is 236 Å². The number of anilines is 1. The first-order chi connectivity index (χ1) is 19.0. The Bertz CT molecular complexity index is 1380. The van der Waals surface area contributed by atoms with E-state index in [2.05, 4.69) is 5.32 Å². The van der Waals surface area contributed by atoms with E-state index in [9.17, 15) is 22.4 Å². The summed E-state index contributed by atoms with van der Waals surface area (Å²) in [6.45, 7) is 3.82. The molecule has 8 nitrogen and oxygen atoms in total. The van der Waals surface area contributed by atoms with Crippen molar-refractivity contribution < 1.29 is 22.4 Å². The molecule has 0 fully saturated rings. The van der Waals surface area contributed by atoms with Gasteiger partial charge in [-0.05, 0) is 54.3 Å². The van der Waals surface area contributed by atoms with Crippen LogP contribution in [0.3, 0.4) is 0 Å². The van der Waals surface area contributed by atoms with E-state index >= 15 is 0 Å². The number of nitrogens with zero attached hydrogens (tertiary/aromatic N) is 3. The van der Waals surface area contributed by atoms with Crippen LogP contribution in [-0.4, -0.2) is 62.7 Å². The zero-order chi connectivity index (χ0) is 29.3. The Kier molecular flexibility index (Phi) is 10.8. The molecule has 2 amide bonds. The van der Waals surface area contributed by atoms with E-state index < -0.39 is 34.5 Å². The number of halogens is 1. The molecule has 214 valence electrons. The maximum atomic E-state index is 14.1. The highest BCUT2D eigenvalue weighted by Gasteiger charge is 2.34. The summed E-state index contributed by atoms with van der Waals surface area (Å²) in [5.41, 5.74) is 2.76. The summed E-state index contributed by atoms with van der Waals surface area (Å²) < 4.78 is 42.3. The lowest BCUT2D eigenvalue weighted by Crippen LogP contribution is -2.54. The highest BCUT2D eigenvalue weighted by Crippen LogP contribution is 2.23. The minimum absolute atomic E-state index is 0.0990. The summed E-state index contributed by atoms with van der Waals surface area (Å²) in [7, 11) is -1.42. The largest absolute Gasteiger partial charge is 0.354 e. The number of nitrogens with one attached hydrogen (secondary N) is 1. The number of hydrogen-bond donors (Lipinski definition) is 1. The summed E-state index contributed by atoms with van der Waals surface area (Å²) >= 11 is 0. The lowest BCUT2D eigenvalue weighted by molar-refractivity contribution is -0.140. The summed E-state index contributed by atoms with van der Waals surface area (Å²) in [4.78, 5) is 29.1. The van der Waals surface area contributed by atoms with Crippen molar-refractivity contribution in [2.75, 3.05) is 31.5 Å². The molecule has 3 aromatic rings. The molecule has 10 heteroatoms. The number of hydrogen-bond acceptors (Lipinski definition) is 4. The SMILES string of the molecule is CCCNC(=O)C(Cc1ccccc1)N(Cc1ccccc1C)C(=O)CN(c1ccc(F)cc1)S(=O)(=O)N(C)C. The molecule has 0 spiro atoms. The maximum Gasteiger partial charge on any atom is 0.304 e. The highest BCUT2D eigenvalue weighted by atomic mass is 32.2. The Morgan fingerprint density at radius 2 is 1.55 bits per heavy atom. The van der Waals surface area contributed by atoms with E-state index in [1.165, 1.54) is 31.1 Å². The van der Waals surface area contributed by atoms with Crippen LogP contribution in [0.25, 0.3) is 0 Å². The zero-order valence-corrected chi connectivity index (χ0v) is 24.2. The van der Waals surface area contributed by atoms with E-state index in [0.29, 0.717) is 6.54 Å². The van der Waals surface area contributed by atoms with Gasteiger partial charge in [0.2, 0.25) is 11.8 Å². The minimum atomic E-state index is -4.14. The summed E-state index contributed by atoms with van der Waals surface area (Å²) in [5.74, 6) is -1.42. The molecule has 1 N–H and O–H groups in total. The van der Waals surface area contributed by atoms with Crippen LogP contribution < -0.4 is 9.62 Å². The van der Waals surface area contributed by atoms with Crippen molar-refractivity contribution in [2.45, 2.75) is 39.3 Å². The van der Waals surface area contributed by atoms with E-state index in [1.807, 2.05) is 68.4 Å². The predicted octanol–water partition coefficient (Wildman–Crippen LogP) is 3.91. The van der Waals surface area contributed by atoms with Crippen molar-refractivity contribution >= 4 is 27.7 Å². The smallest absolute Gasteiger partial charge is 0.304 e. The molecule has 0 bridgehead atoms. The second-order valence-electron chi connectivity index (χ2n) is 9.72. The van der Waals surface area contributed by atoms with Crippen LogP contribution in [0.5, 0.6) is 0 Å². The molecule has 0 aliphatic carbocycles. The number of carbonyl (C=O) groups excluding carboxylic acids is 2. The zero-order valence-electron chi connectivity index (χ0n) is 23.4. The van der Waals surface area contributed by atoms with Gasteiger partial charge in [-0.1, -0.05) is 61.5 Å². The van der Waals surface area contributed by atoms with Gasteiger partial charge >= 0.3 is 10.2 Å². The molecule has 0 aliphatic rings. The Hall–Kier alpha value is -3.76. The molecular formula is C30H37FN4O4S. The molecule has 0 saturated heterocycles. The number of aryl methyl sites for hydroxylation is 1. The number of carbonyl (C=O) groups is 2. The first-order valence-electron chi connectivity index (χ1n) is 13.2. The third-order valence-electron chi connectivity index (χ3n) is 6.56. The molecule has 0 aliphatic heterocycles. The van der Waals surface area contributed by atoms with Crippen LogP contribution in [0.2, 0.25) is 0 Å². The first kappa shape index (κ1) is 30.8. The third kappa shape index (κ3) is 7.89. The fourth-order valence-corrected chi connectivity index (χ4v) is 5.27. The van der Waals surface area contributed by atoms with Gasteiger partial charge in [0, 0.05) is 33.6 Å². The van der Waals surface area contributed by atoms with Gasteiger partial charge in [0.05, 0.1) is 5.69 Å². The van der Waals surface area contributed by atoms with E-state index in [0.717, 1.165) is 43.9 Å². The van der Waals surface area contributed by atoms with Crippen molar-refractivity contribution in [3.63, 3.8) is 0 Å². The fraction of sp³-hybridized carbons (Fsp3) is 0.333. The number of rotatable bonds is 13. The van der Waals surface area contributed by atoms with E-state index in [1.54, 1.807) is 0 Å². The van der Waals surface area contributed by atoms with Crippen molar-refractivity contribution in [1.29, 1.82) is 0 Å². The Balaban J connectivity index is 2.08. The van der Waals surface area contributed by atoms with E-state index in [-0.39, 0.29) is 24.6 Å². The summed E-state index contributed by atoms with van der Waals surface area (Å²) in [6, 6.07) is 20.9. The average molecular weight is 569 g/mol. The van der Waals surface area contributed by atoms with Crippen molar-refractivity contribution in [2.24, 2.45) is 0 Å². The molecule has 3 aromatic carbocycles. The Morgan fingerprint density at radius 1 is 0.925 bits per heavy atom. The normalized spacial score (nSPS) is 12.2. The monoisotopic (exact) mass is 568 g/mol. The van der Waals surface area contributed by atoms with Crippen LogP contribution in [-0.2, 0) is 32.8 Å². The molecule has 0 aromatic heterocycles. The third-order valence-corrected chi connectivity index (χ3v) is 8.38.